The molecule has 5 heteroatoms. The minimum atomic E-state index is -0.612. The number of likely N-dealkylation sites (N-methyl/N-ethyl adjacent to an activating group) is 1. The lowest BCUT2D eigenvalue weighted by Gasteiger charge is -2.30. The van der Waals surface area contributed by atoms with Crippen molar-refractivity contribution in [3.63, 3.8) is 0 Å². The second-order valence-electron chi connectivity index (χ2n) is 4.36. The molecule has 2 atom stereocenters. The molecule has 4 N–H and O–H groups in total. The lowest BCUT2D eigenvalue weighted by Crippen LogP contribution is -2.40. The van der Waals surface area contributed by atoms with Crippen LogP contribution < -0.4 is 5.73 Å². The molecule has 0 aliphatic rings. The van der Waals surface area contributed by atoms with Crippen LogP contribution in [0.1, 0.15) is 31.9 Å². The lowest BCUT2D eigenvalue weighted by molar-refractivity contribution is 0.0638. The Balaban J connectivity index is 2.66. The van der Waals surface area contributed by atoms with Gasteiger partial charge in [0.05, 0.1) is 12.7 Å². The molecule has 0 bridgehead atoms. The lowest BCUT2D eigenvalue weighted by atomic mass is 10.1. The summed E-state index contributed by atoms with van der Waals surface area (Å²) in [5, 5.41) is 19.4. The Kier molecular flexibility index (Phi) is 6.04. The molecule has 0 radical (unpaired) electrons. The van der Waals surface area contributed by atoms with E-state index in [4.69, 9.17) is 5.73 Å². The van der Waals surface area contributed by atoms with E-state index < -0.39 is 6.10 Å². The number of nitrogens with two attached hydrogens (primary N) is 1. The summed E-state index contributed by atoms with van der Waals surface area (Å²) in [7, 11) is 0. The summed E-state index contributed by atoms with van der Waals surface area (Å²) < 4.78 is 0. The van der Waals surface area contributed by atoms with Crippen LogP contribution in [0.15, 0.2) is 18.3 Å². The highest BCUT2D eigenvalue weighted by atomic mass is 16.3. The van der Waals surface area contributed by atoms with E-state index in [2.05, 4.69) is 9.88 Å². The summed E-state index contributed by atoms with van der Waals surface area (Å²) in [6.45, 7) is 5.43. The molecule has 1 aromatic heterocycles. The molecule has 0 unspecified atom stereocenters. The number of hydrogen-bond donors (Lipinski definition) is 3. The monoisotopic (exact) mass is 253 g/mol. The van der Waals surface area contributed by atoms with Crippen molar-refractivity contribution in [1.82, 2.24) is 9.88 Å². The van der Waals surface area contributed by atoms with Gasteiger partial charge in [-0.15, -0.1) is 0 Å². The number of nitrogens with zero attached hydrogens (tertiary/aromatic N) is 2. The van der Waals surface area contributed by atoms with Gasteiger partial charge in [0.15, 0.2) is 0 Å². The highest BCUT2D eigenvalue weighted by Crippen LogP contribution is 2.16. The predicted octanol–water partition coefficient (Wildman–Crippen LogP) is 0.790. The van der Waals surface area contributed by atoms with E-state index in [1.807, 2.05) is 13.8 Å². The average molecular weight is 253 g/mol. The Labute approximate surface area is 108 Å². The Morgan fingerprint density at radius 1 is 1.39 bits per heavy atom. The zero-order valence-electron chi connectivity index (χ0n) is 11.1. The largest absolute Gasteiger partial charge is 0.395 e. The third kappa shape index (κ3) is 3.94. The van der Waals surface area contributed by atoms with Gasteiger partial charge in [0.2, 0.25) is 0 Å². The molecule has 0 saturated heterocycles. The van der Waals surface area contributed by atoms with Crippen molar-refractivity contribution in [2.45, 2.75) is 32.4 Å². The molecule has 0 saturated carbocycles. The van der Waals surface area contributed by atoms with E-state index in [0.29, 0.717) is 12.4 Å². The summed E-state index contributed by atoms with van der Waals surface area (Å²) in [6.07, 6.45) is 1.84. The van der Waals surface area contributed by atoms with Crippen LogP contribution in [0.5, 0.6) is 0 Å². The van der Waals surface area contributed by atoms with E-state index in [1.165, 1.54) is 0 Å². The molecule has 1 heterocycles. The van der Waals surface area contributed by atoms with Gasteiger partial charge in [0.25, 0.3) is 0 Å². The van der Waals surface area contributed by atoms with E-state index in [1.54, 1.807) is 18.3 Å². The number of aromatic nitrogens is 1. The minimum absolute atomic E-state index is 0.0893. The third-order valence-corrected chi connectivity index (χ3v) is 3.21. The standard InChI is InChI=1S/C13H23N3O2/c1-3-11(9-17)16(4-2)8-12(18)10-5-6-13(14)15-7-10/h5-7,11-12,17-18H,3-4,8-9H2,1-2H3,(H2,14,15)/t11-,12-/m0/s1. The average Bonchev–Trinajstić information content (AvgIpc) is 2.39. The molecule has 0 fully saturated rings. The molecule has 0 aliphatic heterocycles. The molecule has 0 aliphatic carbocycles. The Bertz CT molecular complexity index is 339. The number of pyridine rings is 1. The summed E-state index contributed by atoms with van der Waals surface area (Å²) >= 11 is 0. The first kappa shape index (κ1) is 14.9. The Morgan fingerprint density at radius 3 is 2.56 bits per heavy atom. The van der Waals surface area contributed by atoms with Crippen LogP contribution in [0.25, 0.3) is 0 Å². The molecule has 0 spiro atoms. The van der Waals surface area contributed by atoms with E-state index in [-0.39, 0.29) is 12.6 Å². The van der Waals surface area contributed by atoms with Crippen molar-refractivity contribution >= 4 is 5.82 Å². The normalized spacial score (nSPS) is 14.7. The number of nitrogen functional groups attached to an aromatic ring is 1. The van der Waals surface area contributed by atoms with E-state index in [9.17, 15) is 10.2 Å². The first-order valence-electron chi connectivity index (χ1n) is 6.36. The minimum Gasteiger partial charge on any atom is -0.395 e. The fourth-order valence-electron chi connectivity index (χ4n) is 1.98. The SMILES string of the molecule is CC[C@@H](CO)N(CC)C[C@H](O)c1ccc(N)nc1. The second-order valence-corrected chi connectivity index (χ2v) is 4.36. The molecule has 102 valence electrons. The van der Waals surface area contributed by atoms with Crippen molar-refractivity contribution < 1.29 is 10.2 Å². The quantitative estimate of drug-likeness (QED) is 0.669. The maximum absolute atomic E-state index is 10.1. The van der Waals surface area contributed by atoms with Crippen molar-refractivity contribution in [3.05, 3.63) is 23.9 Å². The van der Waals surface area contributed by atoms with Crippen LogP contribution in [0.3, 0.4) is 0 Å². The van der Waals surface area contributed by atoms with Gasteiger partial charge in [-0.3, -0.25) is 4.90 Å². The molecular weight excluding hydrogens is 230 g/mol. The first-order valence-corrected chi connectivity index (χ1v) is 6.36. The smallest absolute Gasteiger partial charge is 0.123 e. The van der Waals surface area contributed by atoms with E-state index >= 15 is 0 Å². The van der Waals surface area contributed by atoms with Crippen LogP contribution in [-0.4, -0.2) is 45.8 Å². The Morgan fingerprint density at radius 2 is 2.11 bits per heavy atom. The van der Waals surface area contributed by atoms with Gasteiger partial charge >= 0.3 is 0 Å². The van der Waals surface area contributed by atoms with Crippen LogP contribution in [0.2, 0.25) is 0 Å². The van der Waals surface area contributed by atoms with Crippen LogP contribution in [0, 0.1) is 0 Å². The molecular formula is C13H23N3O2. The molecule has 0 aromatic carbocycles. The van der Waals surface area contributed by atoms with Gasteiger partial charge in [0.1, 0.15) is 5.82 Å². The number of hydrogen-bond acceptors (Lipinski definition) is 5. The fraction of sp³-hybridized carbons (Fsp3) is 0.615. The van der Waals surface area contributed by atoms with Crippen molar-refractivity contribution in [2.24, 2.45) is 0 Å². The number of rotatable bonds is 7. The highest BCUT2D eigenvalue weighted by molar-refractivity contribution is 5.30. The van der Waals surface area contributed by atoms with Crippen LogP contribution in [0.4, 0.5) is 5.82 Å². The predicted molar refractivity (Wildman–Crippen MR) is 72.0 cm³/mol. The first-order chi connectivity index (χ1) is 8.62. The van der Waals surface area contributed by atoms with Crippen LogP contribution in [-0.2, 0) is 0 Å². The fourth-order valence-corrected chi connectivity index (χ4v) is 1.98. The van der Waals surface area contributed by atoms with Gasteiger partial charge < -0.3 is 15.9 Å². The van der Waals surface area contributed by atoms with Gasteiger partial charge in [-0.2, -0.15) is 0 Å². The third-order valence-electron chi connectivity index (χ3n) is 3.21. The topological polar surface area (TPSA) is 82.6 Å². The molecule has 5 nitrogen and oxygen atoms in total. The Hall–Kier alpha value is -1.17. The number of anilines is 1. The van der Waals surface area contributed by atoms with Crippen molar-refractivity contribution in [3.8, 4) is 0 Å². The zero-order valence-corrected chi connectivity index (χ0v) is 11.1. The maximum Gasteiger partial charge on any atom is 0.123 e. The summed E-state index contributed by atoms with van der Waals surface area (Å²) in [6, 6.07) is 3.55. The van der Waals surface area contributed by atoms with Gasteiger partial charge in [0, 0.05) is 24.3 Å². The molecule has 18 heavy (non-hydrogen) atoms. The van der Waals surface area contributed by atoms with Crippen LogP contribution >= 0.6 is 0 Å². The van der Waals surface area contributed by atoms with Gasteiger partial charge in [-0.05, 0) is 19.0 Å². The van der Waals surface area contributed by atoms with Gasteiger partial charge in [-0.25, -0.2) is 4.98 Å². The van der Waals surface area contributed by atoms with E-state index in [0.717, 1.165) is 18.5 Å². The molecule has 1 aromatic rings. The van der Waals surface area contributed by atoms with Crippen molar-refractivity contribution in [2.75, 3.05) is 25.4 Å². The second kappa shape index (κ2) is 7.31. The molecule has 0 amide bonds. The van der Waals surface area contributed by atoms with Crippen molar-refractivity contribution in [1.29, 1.82) is 0 Å². The number of aliphatic hydroxyl groups excluding tert-OH is 2. The number of aliphatic hydroxyl groups is 2. The zero-order chi connectivity index (χ0) is 13.5. The molecule has 1 rings (SSSR count). The maximum atomic E-state index is 10.1. The summed E-state index contributed by atoms with van der Waals surface area (Å²) in [5.41, 5.74) is 6.26. The highest BCUT2D eigenvalue weighted by Gasteiger charge is 2.18. The van der Waals surface area contributed by atoms with Gasteiger partial charge in [-0.1, -0.05) is 19.9 Å². The summed E-state index contributed by atoms with van der Waals surface area (Å²) in [4.78, 5) is 6.04. The summed E-state index contributed by atoms with van der Waals surface area (Å²) in [5.74, 6) is 0.445.